The van der Waals surface area contributed by atoms with Crippen LogP contribution < -0.4 is 0 Å². The maximum atomic E-state index is 4.74. The quantitative estimate of drug-likeness (QED) is 0.548. The Bertz CT molecular complexity index is 815. The summed E-state index contributed by atoms with van der Waals surface area (Å²) in [4.78, 5) is 11.8. The molecule has 0 radical (unpaired) electrons. The van der Waals surface area contributed by atoms with Gasteiger partial charge in [0, 0.05) is 11.8 Å². The number of imidazole rings is 1. The molecule has 0 unspecified atom stereocenters. The number of aromatic nitrogens is 5. The van der Waals surface area contributed by atoms with Crippen LogP contribution in [0.4, 0.5) is 0 Å². The van der Waals surface area contributed by atoms with Crippen molar-refractivity contribution in [3.05, 3.63) is 36.5 Å². The number of hydrogen-bond donors (Lipinski definition) is 1. The van der Waals surface area contributed by atoms with Gasteiger partial charge in [0.2, 0.25) is 0 Å². The monoisotopic (exact) mass is 237 g/mol. The largest absolute Gasteiger partial charge is 0.337 e. The molecule has 86 valence electrons. The van der Waals surface area contributed by atoms with Crippen molar-refractivity contribution >= 4 is 22.2 Å². The summed E-state index contributed by atoms with van der Waals surface area (Å²) in [5.41, 5.74) is 3.83. The predicted molar refractivity (Wildman–Crippen MR) is 64.7 cm³/mol. The first-order valence-corrected chi connectivity index (χ1v) is 5.44. The number of nitrogens with zero attached hydrogens (tertiary/aromatic N) is 4. The van der Waals surface area contributed by atoms with Gasteiger partial charge in [-0.1, -0.05) is 6.07 Å². The minimum absolute atomic E-state index is 0.681. The Hall–Kier alpha value is -2.76. The number of nitrogens with one attached hydrogen (secondary N) is 1. The van der Waals surface area contributed by atoms with Gasteiger partial charge >= 0.3 is 0 Å². The second-order valence-electron chi connectivity index (χ2n) is 3.90. The van der Waals surface area contributed by atoms with Gasteiger partial charge in [0.15, 0.2) is 5.65 Å². The Balaban J connectivity index is 2.04. The summed E-state index contributed by atoms with van der Waals surface area (Å²) in [7, 11) is 0. The molecule has 0 fully saturated rings. The van der Waals surface area contributed by atoms with Crippen LogP contribution in [0.15, 0.2) is 41.2 Å². The maximum absolute atomic E-state index is 4.74. The number of H-pyrrole nitrogens is 1. The first-order chi connectivity index (χ1) is 8.92. The van der Waals surface area contributed by atoms with Crippen molar-refractivity contribution in [3.8, 4) is 11.4 Å². The third-order valence-electron chi connectivity index (χ3n) is 2.80. The molecule has 0 amide bonds. The van der Waals surface area contributed by atoms with Crippen molar-refractivity contribution in [2.24, 2.45) is 0 Å². The van der Waals surface area contributed by atoms with E-state index in [4.69, 9.17) is 4.63 Å². The molecule has 6 heteroatoms. The van der Waals surface area contributed by atoms with Crippen LogP contribution in [0.2, 0.25) is 0 Å². The molecule has 4 rings (SSSR count). The van der Waals surface area contributed by atoms with Crippen LogP contribution in [0.5, 0.6) is 0 Å². The number of pyridine rings is 1. The van der Waals surface area contributed by atoms with E-state index in [1.165, 1.54) is 0 Å². The van der Waals surface area contributed by atoms with Crippen molar-refractivity contribution in [2.75, 3.05) is 0 Å². The van der Waals surface area contributed by atoms with E-state index in [0.717, 1.165) is 11.1 Å². The van der Waals surface area contributed by atoms with Gasteiger partial charge in [-0.05, 0) is 34.6 Å². The number of hydrogen-bond acceptors (Lipinski definition) is 5. The van der Waals surface area contributed by atoms with Gasteiger partial charge < -0.3 is 4.98 Å². The highest BCUT2D eigenvalue weighted by atomic mass is 16.6. The molecule has 1 aromatic carbocycles. The van der Waals surface area contributed by atoms with Crippen LogP contribution in [0.25, 0.3) is 33.6 Å². The Morgan fingerprint density at radius 2 is 2.06 bits per heavy atom. The van der Waals surface area contributed by atoms with Crippen LogP contribution in [0.1, 0.15) is 0 Å². The van der Waals surface area contributed by atoms with Crippen molar-refractivity contribution < 1.29 is 4.63 Å². The first-order valence-electron chi connectivity index (χ1n) is 5.44. The van der Waals surface area contributed by atoms with Gasteiger partial charge in [0.05, 0.1) is 5.52 Å². The lowest BCUT2D eigenvalue weighted by molar-refractivity contribution is 0.315. The van der Waals surface area contributed by atoms with E-state index < -0.39 is 0 Å². The fourth-order valence-corrected chi connectivity index (χ4v) is 1.97. The lowest BCUT2D eigenvalue weighted by Crippen LogP contribution is -1.82. The lowest BCUT2D eigenvalue weighted by Gasteiger charge is -1.94. The standard InChI is InChI=1S/C12H7N5O/c1-3-7(10-8(4-1)16-18-17-10)11-14-9-5-2-6-13-12(9)15-11/h1-6H,(H,13,14,15). The molecular weight excluding hydrogens is 230 g/mol. The van der Waals surface area contributed by atoms with E-state index in [1.807, 2.05) is 30.3 Å². The molecule has 3 aromatic heterocycles. The van der Waals surface area contributed by atoms with Gasteiger partial charge in [-0.2, -0.15) is 0 Å². The molecule has 4 aromatic rings. The van der Waals surface area contributed by atoms with Gasteiger partial charge in [-0.3, -0.25) is 0 Å². The molecule has 3 heterocycles. The normalized spacial score (nSPS) is 11.3. The van der Waals surface area contributed by atoms with E-state index >= 15 is 0 Å². The molecular formula is C12H7N5O. The molecule has 0 saturated heterocycles. The third-order valence-corrected chi connectivity index (χ3v) is 2.80. The van der Waals surface area contributed by atoms with Crippen molar-refractivity contribution in [3.63, 3.8) is 0 Å². The molecule has 0 aliphatic rings. The molecule has 1 N–H and O–H groups in total. The zero-order valence-electron chi connectivity index (χ0n) is 9.16. The zero-order chi connectivity index (χ0) is 11.9. The highest BCUT2D eigenvalue weighted by molar-refractivity contribution is 5.90. The zero-order valence-corrected chi connectivity index (χ0v) is 9.16. The number of rotatable bonds is 1. The maximum Gasteiger partial charge on any atom is 0.178 e. The summed E-state index contributed by atoms with van der Waals surface area (Å²) in [6, 6.07) is 9.45. The minimum atomic E-state index is 0.681. The van der Waals surface area contributed by atoms with Crippen LogP contribution in [-0.4, -0.2) is 25.3 Å². The third kappa shape index (κ3) is 1.22. The summed E-state index contributed by atoms with van der Waals surface area (Å²) in [6.45, 7) is 0. The van der Waals surface area contributed by atoms with E-state index in [1.54, 1.807) is 6.20 Å². The van der Waals surface area contributed by atoms with Crippen LogP contribution >= 0.6 is 0 Å². The molecule has 0 spiro atoms. The van der Waals surface area contributed by atoms with Gasteiger partial charge in [0.25, 0.3) is 0 Å². The minimum Gasteiger partial charge on any atom is -0.337 e. The van der Waals surface area contributed by atoms with Gasteiger partial charge in [-0.25, -0.2) is 14.6 Å². The number of benzene rings is 1. The molecule has 0 aliphatic heterocycles. The second-order valence-corrected chi connectivity index (χ2v) is 3.90. The molecule has 0 saturated carbocycles. The van der Waals surface area contributed by atoms with Gasteiger partial charge in [-0.15, -0.1) is 0 Å². The number of aromatic amines is 1. The first kappa shape index (κ1) is 9.29. The summed E-state index contributed by atoms with van der Waals surface area (Å²) >= 11 is 0. The lowest BCUT2D eigenvalue weighted by atomic mass is 10.2. The molecule has 18 heavy (non-hydrogen) atoms. The smallest absolute Gasteiger partial charge is 0.178 e. The highest BCUT2D eigenvalue weighted by Gasteiger charge is 2.12. The predicted octanol–water partition coefficient (Wildman–Crippen LogP) is 2.16. The van der Waals surface area contributed by atoms with E-state index in [9.17, 15) is 0 Å². The Labute approximate surface area is 101 Å². The highest BCUT2D eigenvalue weighted by Crippen LogP contribution is 2.25. The van der Waals surface area contributed by atoms with Crippen LogP contribution in [0, 0.1) is 0 Å². The van der Waals surface area contributed by atoms with Crippen LogP contribution in [-0.2, 0) is 0 Å². The molecule has 0 bridgehead atoms. The topological polar surface area (TPSA) is 80.5 Å². The molecule has 6 nitrogen and oxygen atoms in total. The Morgan fingerprint density at radius 1 is 1.06 bits per heavy atom. The SMILES string of the molecule is c1cc(-c2nc3ncccc3[nH]2)c2nonc2c1. The second kappa shape index (κ2) is 3.36. The summed E-state index contributed by atoms with van der Waals surface area (Å²) < 4.78 is 4.74. The summed E-state index contributed by atoms with van der Waals surface area (Å²) in [5.74, 6) is 0.713. The fraction of sp³-hybridized carbons (Fsp3) is 0. The Morgan fingerprint density at radius 3 is 3.00 bits per heavy atom. The summed E-state index contributed by atoms with van der Waals surface area (Å²) in [5, 5.41) is 7.71. The molecule has 0 atom stereocenters. The Kier molecular flexibility index (Phi) is 1.74. The average Bonchev–Trinajstić information content (AvgIpc) is 3.04. The van der Waals surface area contributed by atoms with Crippen LogP contribution in [0.3, 0.4) is 0 Å². The van der Waals surface area contributed by atoms with Gasteiger partial charge in [0.1, 0.15) is 16.9 Å². The van der Waals surface area contributed by atoms with Crippen molar-refractivity contribution in [1.29, 1.82) is 0 Å². The van der Waals surface area contributed by atoms with E-state index in [-0.39, 0.29) is 0 Å². The number of fused-ring (bicyclic) bond motifs is 2. The molecule has 0 aliphatic carbocycles. The van der Waals surface area contributed by atoms with Crippen molar-refractivity contribution in [2.45, 2.75) is 0 Å². The van der Waals surface area contributed by atoms with Crippen molar-refractivity contribution in [1.82, 2.24) is 25.3 Å². The average molecular weight is 237 g/mol. The fourth-order valence-electron chi connectivity index (χ4n) is 1.97. The summed E-state index contributed by atoms with van der Waals surface area (Å²) in [6.07, 6.45) is 1.71. The van der Waals surface area contributed by atoms with E-state index in [0.29, 0.717) is 22.5 Å². The van der Waals surface area contributed by atoms with E-state index in [2.05, 4.69) is 25.3 Å².